The molecule has 4 atom stereocenters. The van der Waals surface area contributed by atoms with Crippen LogP contribution in [0.3, 0.4) is 0 Å². The lowest BCUT2D eigenvalue weighted by molar-refractivity contribution is -0.138. The van der Waals surface area contributed by atoms with Gasteiger partial charge in [-0.1, -0.05) is 51.1 Å². The van der Waals surface area contributed by atoms with Crippen molar-refractivity contribution in [2.24, 2.45) is 28.3 Å². The van der Waals surface area contributed by atoms with Crippen molar-refractivity contribution < 1.29 is 24.0 Å². The summed E-state index contributed by atoms with van der Waals surface area (Å²) in [5.74, 6) is -3.00. The fourth-order valence-electron chi connectivity index (χ4n) is 4.99. The molecule has 1 aromatic carbocycles. The minimum absolute atomic E-state index is 0.0710. The molecule has 2 rings (SSSR count). The SMILES string of the molecule is CC[C@@H]1NC(=O)[C@H](CCCN=C(N)N)CC(=O)[C@](C)(NC(=O)C(C)C)CCCCN(C)C(=O)[C@@H](c2ccccc2)NC1=O. The van der Waals surface area contributed by atoms with E-state index in [1.807, 2.05) is 6.07 Å². The van der Waals surface area contributed by atoms with Gasteiger partial charge in [0.1, 0.15) is 12.1 Å². The van der Waals surface area contributed by atoms with Crippen LogP contribution in [-0.2, 0) is 24.0 Å². The Kier molecular flexibility index (Phi) is 13.6. The lowest BCUT2D eigenvalue weighted by Gasteiger charge is -2.33. The van der Waals surface area contributed by atoms with Gasteiger partial charge in [0.25, 0.3) is 0 Å². The Labute approximate surface area is 254 Å². The summed E-state index contributed by atoms with van der Waals surface area (Å²) >= 11 is 0. The molecule has 4 amide bonds. The van der Waals surface area contributed by atoms with Gasteiger partial charge in [0.15, 0.2) is 11.7 Å². The standard InChI is InChI=1S/C31H49N7O5/c1-6-23-28(42)36-25(21-13-8-7-9-14-21)29(43)38(5)18-11-10-16-31(4,37-26(40)20(2)3)24(39)19-22(27(41)35-23)15-12-17-34-30(32)33/h7-9,13-14,20,22-23,25H,6,10-12,15-19H2,1-5H3,(H,35,41)(H,36,42)(H,37,40)(H4,32,33,34)/t22-,23+,25-,31-/m1/s1. The molecule has 1 aliphatic rings. The van der Waals surface area contributed by atoms with Crippen LogP contribution in [0.15, 0.2) is 35.3 Å². The summed E-state index contributed by atoms with van der Waals surface area (Å²) in [4.78, 5) is 72.7. The van der Waals surface area contributed by atoms with Crippen molar-refractivity contribution in [1.29, 1.82) is 0 Å². The Morgan fingerprint density at radius 3 is 2.37 bits per heavy atom. The second kappa shape index (κ2) is 16.6. The Morgan fingerprint density at radius 1 is 1.09 bits per heavy atom. The number of Topliss-reactive ketones (excluding diaryl/α,β-unsaturated/α-hetero) is 1. The molecule has 1 fully saturated rings. The summed E-state index contributed by atoms with van der Waals surface area (Å²) < 4.78 is 0. The van der Waals surface area contributed by atoms with Crippen molar-refractivity contribution >= 4 is 35.4 Å². The van der Waals surface area contributed by atoms with Crippen LogP contribution in [0.4, 0.5) is 0 Å². The first-order chi connectivity index (χ1) is 20.3. The largest absolute Gasteiger partial charge is 0.370 e. The van der Waals surface area contributed by atoms with E-state index < -0.39 is 35.4 Å². The molecule has 0 spiro atoms. The summed E-state index contributed by atoms with van der Waals surface area (Å²) in [5.41, 5.74) is 10.3. The Morgan fingerprint density at radius 2 is 1.77 bits per heavy atom. The number of aliphatic imine (C=N–C) groups is 1. The molecule has 0 bridgehead atoms. The Hall–Kier alpha value is -3.96. The average Bonchev–Trinajstić information content (AvgIpc) is 2.97. The lowest BCUT2D eigenvalue weighted by Crippen LogP contribution is -2.55. The molecule has 0 radical (unpaired) electrons. The second-order valence-electron chi connectivity index (χ2n) is 11.8. The highest BCUT2D eigenvalue weighted by molar-refractivity contribution is 5.97. The maximum Gasteiger partial charge on any atom is 0.249 e. The van der Waals surface area contributed by atoms with Crippen molar-refractivity contribution in [3.63, 3.8) is 0 Å². The highest BCUT2D eigenvalue weighted by Gasteiger charge is 2.38. The molecule has 1 aliphatic heterocycles. The van der Waals surface area contributed by atoms with Crippen LogP contribution in [-0.4, -0.2) is 72.0 Å². The van der Waals surface area contributed by atoms with E-state index in [-0.39, 0.29) is 55.3 Å². The number of ketones is 1. The summed E-state index contributed by atoms with van der Waals surface area (Å²) in [6.07, 6.45) is 2.30. The fourth-order valence-corrected chi connectivity index (χ4v) is 4.99. The van der Waals surface area contributed by atoms with Crippen LogP contribution in [0, 0.1) is 11.8 Å². The van der Waals surface area contributed by atoms with Gasteiger partial charge in [-0.25, -0.2) is 0 Å². The molecule has 0 saturated carbocycles. The molecular weight excluding hydrogens is 550 g/mol. The molecule has 238 valence electrons. The van der Waals surface area contributed by atoms with Crippen molar-refractivity contribution in [2.45, 2.75) is 90.3 Å². The molecule has 43 heavy (non-hydrogen) atoms. The van der Waals surface area contributed by atoms with Crippen LogP contribution in [0.1, 0.15) is 84.2 Å². The zero-order valence-electron chi connectivity index (χ0n) is 26.2. The predicted molar refractivity (Wildman–Crippen MR) is 165 cm³/mol. The molecule has 0 unspecified atom stereocenters. The van der Waals surface area contributed by atoms with Crippen molar-refractivity contribution in [3.05, 3.63) is 35.9 Å². The minimum atomic E-state index is -1.21. The van der Waals surface area contributed by atoms with E-state index in [2.05, 4.69) is 20.9 Å². The van der Waals surface area contributed by atoms with Crippen molar-refractivity contribution in [3.8, 4) is 0 Å². The quantitative estimate of drug-likeness (QED) is 0.170. The normalized spacial score (nSPS) is 24.7. The summed E-state index contributed by atoms with van der Waals surface area (Å²) in [6, 6.07) is 7.09. The van der Waals surface area contributed by atoms with Crippen LogP contribution >= 0.6 is 0 Å². The fraction of sp³-hybridized carbons (Fsp3) is 0.613. The van der Waals surface area contributed by atoms with Gasteiger partial charge < -0.3 is 32.3 Å². The summed E-state index contributed by atoms with van der Waals surface area (Å²) in [6.45, 7) is 7.60. The van der Waals surface area contributed by atoms with Gasteiger partial charge in [-0.3, -0.25) is 29.0 Å². The Bertz CT molecular complexity index is 1150. The lowest BCUT2D eigenvalue weighted by atomic mass is 9.83. The van der Waals surface area contributed by atoms with E-state index in [1.54, 1.807) is 63.9 Å². The third kappa shape index (κ3) is 10.7. The van der Waals surface area contributed by atoms with E-state index >= 15 is 0 Å². The number of nitrogens with two attached hydrogens (primary N) is 2. The molecule has 1 saturated heterocycles. The molecule has 12 nitrogen and oxygen atoms in total. The smallest absolute Gasteiger partial charge is 0.249 e. The van der Waals surface area contributed by atoms with Gasteiger partial charge in [-0.2, -0.15) is 0 Å². The van der Waals surface area contributed by atoms with Gasteiger partial charge >= 0.3 is 0 Å². The number of rotatable bonds is 8. The van der Waals surface area contributed by atoms with Gasteiger partial charge in [0.2, 0.25) is 23.6 Å². The number of carbonyl (C=O) groups is 5. The molecule has 12 heteroatoms. The van der Waals surface area contributed by atoms with Gasteiger partial charge in [-0.05, 0) is 51.0 Å². The minimum Gasteiger partial charge on any atom is -0.370 e. The van der Waals surface area contributed by atoms with Gasteiger partial charge in [0, 0.05) is 38.4 Å². The summed E-state index contributed by atoms with van der Waals surface area (Å²) in [7, 11) is 1.67. The number of carbonyl (C=O) groups excluding carboxylic acids is 5. The number of nitrogens with zero attached hydrogens (tertiary/aromatic N) is 2. The average molecular weight is 600 g/mol. The van der Waals surface area contributed by atoms with Gasteiger partial charge in [-0.15, -0.1) is 0 Å². The molecule has 0 aromatic heterocycles. The molecule has 7 N–H and O–H groups in total. The molecule has 1 heterocycles. The summed E-state index contributed by atoms with van der Waals surface area (Å²) in [5, 5.41) is 8.57. The first-order valence-electron chi connectivity index (χ1n) is 15.1. The van der Waals surface area contributed by atoms with Crippen LogP contribution in [0.2, 0.25) is 0 Å². The topological polar surface area (TPSA) is 189 Å². The number of benzene rings is 1. The number of likely N-dealkylation sites (N-methyl/N-ethyl adjacent to an activating group) is 1. The number of hydrogen-bond acceptors (Lipinski definition) is 6. The van der Waals surface area contributed by atoms with E-state index in [9.17, 15) is 24.0 Å². The maximum absolute atomic E-state index is 13.8. The van der Waals surface area contributed by atoms with E-state index in [0.29, 0.717) is 37.8 Å². The highest BCUT2D eigenvalue weighted by Crippen LogP contribution is 2.24. The van der Waals surface area contributed by atoms with Gasteiger partial charge in [0.05, 0.1) is 5.54 Å². The third-order valence-electron chi connectivity index (χ3n) is 7.85. The number of hydrogen-bond donors (Lipinski definition) is 5. The number of amides is 4. The first kappa shape index (κ1) is 35.2. The van der Waals surface area contributed by atoms with E-state index in [0.717, 1.165) is 0 Å². The second-order valence-corrected chi connectivity index (χ2v) is 11.8. The maximum atomic E-state index is 13.8. The third-order valence-corrected chi connectivity index (χ3v) is 7.85. The molecular formula is C31H49N7O5. The van der Waals surface area contributed by atoms with Crippen LogP contribution < -0.4 is 27.4 Å². The number of nitrogens with one attached hydrogen (secondary N) is 3. The highest BCUT2D eigenvalue weighted by atomic mass is 16.2. The Balaban J connectivity index is 2.47. The van der Waals surface area contributed by atoms with E-state index in [1.165, 1.54) is 0 Å². The monoisotopic (exact) mass is 599 g/mol. The van der Waals surface area contributed by atoms with Crippen LogP contribution in [0.5, 0.6) is 0 Å². The molecule has 0 aliphatic carbocycles. The van der Waals surface area contributed by atoms with E-state index in [4.69, 9.17) is 11.5 Å². The van der Waals surface area contributed by atoms with Crippen molar-refractivity contribution in [2.75, 3.05) is 20.1 Å². The van der Waals surface area contributed by atoms with Crippen LogP contribution in [0.25, 0.3) is 0 Å². The molecule has 1 aromatic rings. The predicted octanol–water partition coefficient (Wildman–Crippen LogP) is 1.54. The zero-order valence-corrected chi connectivity index (χ0v) is 26.2. The zero-order chi connectivity index (χ0) is 32.2. The van der Waals surface area contributed by atoms with Crippen molar-refractivity contribution in [1.82, 2.24) is 20.9 Å². The number of guanidine groups is 1. The first-order valence-corrected chi connectivity index (χ1v) is 15.1.